The van der Waals surface area contributed by atoms with E-state index in [1.54, 1.807) is 7.11 Å². The van der Waals surface area contributed by atoms with Crippen LogP contribution in [0.5, 0.6) is 0 Å². The molecule has 0 radical (unpaired) electrons. The molecule has 186 valence electrons. The first-order valence-electron chi connectivity index (χ1n) is 13.2. The number of carbonyl (C=O) groups excluding carboxylic acids is 2. The van der Waals surface area contributed by atoms with Gasteiger partial charge in [-0.2, -0.15) is 0 Å². The minimum absolute atomic E-state index is 0.0386. The maximum absolute atomic E-state index is 13.1. The smallest absolute Gasteiger partial charge is 0.336 e. The van der Waals surface area contributed by atoms with E-state index in [0.29, 0.717) is 35.7 Å². The Morgan fingerprint density at radius 2 is 2.00 bits per heavy atom. The number of ketones is 1. The number of rotatable bonds is 5. The third kappa shape index (κ3) is 3.41. The van der Waals surface area contributed by atoms with Crippen molar-refractivity contribution in [2.45, 2.75) is 71.8 Å². The summed E-state index contributed by atoms with van der Waals surface area (Å²) in [7, 11) is 1.59. The number of aliphatic hydroxyl groups excluding tert-OH is 1. The van der Waals surface area contributed by atoms with Gasteiger partial charge in [0.05, 0.1) is 17.6 Å². The van der Waals surface area contributed by atoms with Gasteiger partial charge in [-0.05, 0) is 87.5 Å². The molecular formula is C29H40O5. The van der Waals surface area contributed by atoms with Crippen molar-refractivity contribution in [2.24, 2.45) is 40.4 Å². The van der Waals surface area contributed by atoms with Crippen LogP contribution in [0.15, 0.2) is 34.9 Å². The van der Waals surface area contributed by atoms with Crippen LogP contribution in [0.2, 0.25) is 0 Å². The zero-order valence-corrected chi connectivity index (χ0v) is 21.1. The summed E-state index contributed by atoms with van der Waals surface area (Å²) in [5.41, 5.74) is 2.73. The lowest BCUT2D eigenvalue weighted by Gasteiger charge is -2.57. The van der Waals surface area contributed by atoms with Gasteiger partial charge in [0.1, 0.15) is 6.10 Å². The summed E-state index contributed by atoms with van der Waals surface area (Å²) in [4.78, 5) is 25.8. The molecule has 2 fully saturated rings. The van der Waals surface area contributed by atoms with Crippen LogP contribution in [0.4, 0.5) is 0 Å². The monoisotopic (exact) mass is 468 g/mol. The summed E-state index contributed by atoms with van der Waals surface area (Å²) in [5.74, 6) is 1.71. The molecule has 0 spiro atoms. The fourth-order valence-electron chi connectivity index (χ4n) is 8.83. The number of hydrogen-bond donors (Lipinski definition) is 1. The van der Waals surface area contributed by atoms with Gasteiger partial charge in [0.15, 0.2) is 5.78 Å². The molecule has 0 amide bonds. The summed E-state index contributed by atoms with van der Waals surface area (Å²) in [6.07, 6.45) is 12.9. The standard InChI is InChI=1S/C29H40O5/c1-17-14-25(34-27(32)21(17)16-33-4)20(15-30)23-11-10-22-19-9-8-18-6-5-7-26(31)29(18,3)24(19)12-13-28(22,23)2/h5,7-8,19-20,22-25,30H,6,9-16H2,1-4H3/t19-,20-,22-,23+,24-,25+,28-,29-/m0/s1. The lowest BCUT2D eigenvalue weighted by atomic mass is 9.47. The van der Waals surface area contributed by atoms with Gasteiger partial charge in [-0.15, -0.1) is 0 Å². The lowest BCUT2D eigenvalue weighted by Crippen LogP contribution is -2.53. The van der Waals surface area contributed by atoms with Crippen molar-refractivity contribution in [3.8, 4) is 0 Å². The Morgan fingerprint density at radius 1 is 1.21 bits per heavy atom. The largest absolute Gasteiger partial charge is 0.458 e. The minimum Gasteiger partial charge on any atom is -0.458 e. The Hall–Kier alpha value is -1.72. The third-order valence-corrected chi connectivity index (χ3v) is 10.7. The predicted molar refractivity (Wildman–Crippen MR) is 130 cm³/mol. The van der Waals surface area contributed by atoms with Crippen LogP contribution < -0.4 is 0 Å². The molecule has 8 atom stereocenters. The summed E-state index contributed by atoms with van der Waals surface area (Å²) in [5, 5.41) is 10.6. The van der Waals surface area contributed by atoms with E-state index in [4.69, 9.17) is 9.47 Å². The summed E-state index contributed by atoms with van der Waals surface area (Å²) in [6, 6.07) is 0. The number of aliphatic hydroxyl groups is 1. The molecule has 0 aromatic rings. The van der Waals surface area contributed by atoms with Crippen molar-refractivity contribution in [1.82, 2.24) is 0 Å². The molecule has 0 saturated heterocycles. The maximum Gasteiger partial charge on any atom is 0.336 e. The van der Waals surface area contributed by atoms with E-state index in [9.17, 15) is 14.7 Å². The van der Waals surface area contributed by atoms with Gasteiger partial charge in [-0.3, -0.25) is 4.79 Å². The Balaban J connectivity index is 1.40. The van der Waals surface area contributed by atoms with Gasteiger partial charge in [0.2, 0.25) is 0 Å². The molecule has 34 heavy (non-hydrogen) atoms. The Bertz CT molecular complexity index is 960. The zero-order chi connectivity index (χ0) is 24.3. The van der Waals surface area contributed by atoms with E-state index in [1.165, 1.54) is 5.57 Å². The molecule has 0 bridgehead atoms. The van der Waals surface area contributed by atoms with Gasteiger partial charge in [-0.1, -0.05) is 30.2 Å². The molecule has 5 aliphatic rings. The maximum atomic E-state index is 13.1. The number of carbonyl (C=O) groups is 2. The van der Waals surface area contributed by atoms with Gasteiger partial charge >= 0.3 is 5.97 Å². The number of fused-ring (bicyclic) bond motifs is 5. The molecule has 1 aliphatic heterocycles. The van der Waals surface area contributed by atoms with E-state index in [-0.39, 0.29) is 47.8 Å². The second-order valence-corrected chi connectivity index (χ2v) is 11.9. The zero-order valence-electron chi connectivity index (χ0n) is 21.1. The molecule has 0 aromatic carbocycles. The topological polar surface area (TPSA) is 72.8 Å². The van der Waals surface area contributed by atoms with Gasteiger partial charge < -0.3 is 14.6 Å². The number of allylic oxidation sites excluding steroid dienone is 4. The van der Waals surface area contributed by atoms with Crippen molar-refractivity contribution in [1.29, 1.82) is 0 Å². The number of methoxy groups -OCH3 is 1. The van der Waals surface area contributed by atoms with Crippen molar-refractivity contribution in [3.63, 3.8) is 0 Å². The fraction of sp³-hybridized carbons (Fsp3) is 0.724. The Morgan fingerprint density at radius 3 is 2.71 bits per heavy atom. The van der Waals surface area contributed by atoms with Crippen molar-refractivity contribution >= 4 is 11.8 Å². The number of ether oxygens (including phenoxy) is 2. The molecule has 1 heterocycles. The number of esters is 1. The van der Waals surface area contributed by atoms with Gasteiger partial charge in [0.25, 0.3) is 0 Å². The van der Waals surface area contributed by atoms with Crippen LogP contribution in [0.3, 0.4) is 0 Å². The Kier molecular flexibility index (Phi) is 6.17. The van der Waals surface area contributed by atoms with Gasteiger partial charge in [-0.25, -0.2) is 4.79 Å². The number of hydrogen-bond acceptors (Lipinski definition) is 5. The summed E-state index contributed by atoms with van der Waals surface area (Å²) in [6.45, 7) is 6.92. The van der Waals surface area contributed by atoms with Crippen LogP contribution in [0, 0.1) is 40.4 Å². The average Bonchev–Trinajstić information content (AvgIpc) is 3.15. The van der Waals surface area contributed by atoms with Crippen LogP contribution in [0.1, 0.15) is 65.7 Å². The second kappa shape index (κ2) is 8.74. The van der Waals surface area contributed by atoms with E-state index in [1.807, 2.05) is 19.1 Å². The van der Waals surface area contributed by atoms with Crippen LogP contribution in [-0.2, 0) is 19.1 Å². The third-order valence-electron chi connectivity index (χ3n) is 10.7. The lowest BCUT2D eigenvalue weighted by molar-refractivity contribution is -0.154. The average molecular weight is 469 g/mol. The molecule has 2 saturated carbocycles. The van der Waals surface area contributed by atoms with Crippen molar-refractivity contribution in [2.75, 3.05) is 20.3 Å². The van der Waals surface area contributed by atoms with Crippen LogP contribution in [-0.4, -0.2) is 43.3 Å². The molecule has 4 aliphatic carbocycles. The van der Waals surface area contributed by atoms with Crippen LogP contribution in [0.25, 0.3) is 0 Å². The highest BCUT2D eigenvalue weighted by Gasteiger charge is 2.61. The van der Waals surface area contributed by atoms with Crippen molar-refractivity contribution < 1.29 is 24.2 Å². The first-order chi connectivity index (χ1) is 16.3. The highest BCUT2D eigenvalue weighted by molar-refractivity contribution is 5.98. The van der Waals surface area contributed by atoms with E-state index < -0.39 is 0 Å². The quantitative estimate of drug-likeness (QED) is 0.464. The predicted octanol–water partition coefficient (Wildman–Crippen LogP) is 4.80. The molecular weight excluding hydrogens is 428 g/mol. The Labute approximate surface area is 203 Å². The highest BCUT2D eigenvalue weighted by Crippen LogP contribution is 2.66. The number of cyclic esters (lactones) is 1. The summed E-state index contributed by atoms with van der Waals surface area (Å²) < 4.78 is 11.1. The van der Waals surface area contributed by atoms with Gasteiger partial charge in [0, 0.05) is 26.1 Å². The van der Waals surface area contributed by atoms with E-state index in [0.717, 1.165) is 44.1 Å². The van der Waals surface area contributed by atoms with Crippen LogP contribution >= 0.6 is 0 Å². The normalized spacial score (nSPS) is 42.5. The fourth-order valence-corrected chi connectivity index (χ4v) is 8.83. The molecule has 5 nitrogen and oxygen atoms in total. The molecule has 5 heteroatoms. The second-order valence-electron chi connectivity index (χ2n) is 11.9. The first-order valence-corrected chi connectivity index (χ1v) is 13.2. The highest BCUT2D eigenvalue weighted by atomic mass is 16.5. The molecule has 0 unspecified atom stereocenters. The van der Waals surface area contributed by atoms with Crippen molar-refractivity contribution in [3.05, 3.63) is 34.9 Å². The van der Waals surface area contributed by atoms with E-state index in [2.05, 4.69) is 19.9 Å². The summed E-state index contributed by atoms with van der Waals surface area (Å²) >= 11 is 0. The SMILES string of the molecule is COCC1=C(C)C[C@H]([C@@H](CO)[C@H]2CC[C@H]3[C@@H]4CC=C5CC=CC(=O)[C@]5(C)[C@H]4CC[C@]23C)OC1=O. The molecule has 1 N–H and O–H groups in total. The minimum atomic E-state index is -0.341. The molecule has 0 aromatic heterocycles. The van der Waals surface area contributed by atoms with E-state index >= 15 is 0 Å². The first kappa shape index (κ1) is 24.0. The molecule has 5 rings (SSSR count).